The number of ether oxygens (including phenoxy) is 1. The molecular formula is C45H61N5O. The van der Waals surface area contributed by atoms with Gasteiger partial charge in [-0.05, 0) is 95.1 Å². The van der Waals surface area contributed by atoms with Gasteiger partial charge in [0.15, 0.2) is 0 Å². The standard InChI is InChI=1S/C45H61N5O/c46-29-31-27-35(45-47-44(30-15-3-1-4-16-30)48(45)32-17-5-2-6-18-32)41(50-38-23-11-13-25-42(38)51-43-26-14-12-24-39(43)50)28-40(31)49-36-21-9-7-19-33(36)34-20-8-10-22-37(34)49/h1,3-4,7,10-11,15,19,22-23,30-33,35-36,38-45,47H,2,5-6,8-9,12-14,16-18,20-21,24-28H2. The van der Waals surface area contributed by atoms with Crippen molar-refractivity contribution in [2.24, 2.45) is 23.7 Å². The molecule has 0 bridgehead atoms. The maximum atomic E-state index is 11.2. The smallest absolute Gasteiger partial charge is 0.0773 e. The molecule has 272 valence electrons. The zero-order valence-electron chi connectivity index (χ0n) is 30.8. The highest BCUT2D eigenvalue weighted by atomic mass is 16.5. The third-order valence-corrected chi connectivity index (χ3v) is 15.4. The highest BCUT2D eigenvalue weighted by Gasteiger charge is 2.58. The van der Waals surface area contributed by atoms with Crippen molar-refractivity contribution in [3.63, 3.8) is 0 Å². The monoisotopic (exact) mass is 687 g/mol. The first-order chi connectivity index (χ1) is 25.3. The lowest BCUT2D eigenvalue weighted by molar-refractivity contribution is -0.198. The molecule has 6 nitrogen and oxygen atoms in total. The molecule has 1 N–H and O–H groups in total. The Labute approximate surface area is 307 Å². The summed E-state index contributed by atoms with van der Waals surface area (Å²) in [5.41, 5.74) is 3.14. The number of allylic oxidation sites excluding steroid dienone is 7. The van der Waals surface area contributed by atoms with Gasteiger partial charge in [0.05, 0.1) is 42.6 Å². The quantitative estimate of drug-likeness (QED) is 0.294. The first-order valence-electron chi connectivity index (χ1n) is 21.5. The van der Waals surface area contributed by atoms with Crippen LogP contribution in [0, 0.1) is 35.0 Å². The van der Waals surface area contributed by atoms with Gasteiger partial charge in [-0.25, -0.2) is 0 Å². The second-order valence-electron chi connectivity index (χ2n) is 17.9. The van der Waals surface area contributed by atoms with Crippen molar-refractivity contribution in [3.8, 4) is 6.07 Å². The predicted molar refractivity (Wildman–Crippen MR) is 203 cm³/mol. The number of fused-ring (bicyclic) bond motifs is 4. The van der Waals surface area contributed by atoms with Gasteiger partial charge in [-0.1, -0.05) is 86.8 Å². The molecule has 13 atom stereocenters. The topological polar surface area (TPSA) is 54.8 Å². The van der Waals surface area contributed by atoms with Gasteiger partial charge in [-0.3, -0.25) is 15.1 Å². The SMILES string of the molecule is N#CC1CC(C2NC(C3C=CC=CC3)N2C2CCCCC2)C(N2C3C=CCCC3OC3CCCCC32)CC1N1C2=C(CCC=C2)C2C=CCCC21. The summed E-state index contributed by atoms with van der Waals surface area (Å²) in [6.07, 6.45) is 47.6. The third-order valence-electron chi connectivity index (χ3n) is 15.4. The molecule has 10 rings (SSSR count). The van der Waals surface area contributed by atoms with Gasteiger partial charge in [-0.2, -0.15) is 5.26 Å². The number of nitrogens with one attached hydrogen (secondary N) is 1. The van der Waals surface area contributed by atoms with Crippen LogP contribution in [0.15, 0.2) is 72.0 Å². The van der Waals surface area contributed by atoms with E-state index in [0.717, 1.165) is 44.9 Å². The molecule has 6 heteroatoms. The zero-order chi connectivity index (χ0) is 33.9. The van der Waals surface area contributed by atoms with E-state index in [1.54, 1.807) is 5.57 Å². The molecule has 7 aliphatic carbocycles. The maximum absolute atomic E-state index is 11.2. The molecule has 3 saturated carbocycles. The average Bonchev–Trinajstić information content (AvgIpc) is 3.51. The second-order valence-corrected chi connectivity index (χ2v) is 17.9. The lowest BCUT2D eigenvalue weighted by Crippen LogP contribution is -2.79. The molecular weight excluding hydrogens is 627 g/mol. The minimum absolute atomic E-state index is 0.0347. The molecule has 51 heavy (non-hydrogen) atoms. The van der Waals surface area contributed by atoms with Crippen molar-refractivity contribution in [3.05, 3.63) is 72.0 Å². The Bertz CT molecular complexity index is 1530. The number of morpholine rings is 1. The van der Waals surface area contributed by atoms with Crippen LogP contribution in [0.2, 0.25) is 0 Å². The van der Waals surface area contributed by atoms with E-state index >= 15 is 0 Å². The number of nitriles is 1. The highest BCUT2D eigenvalue weighted by Crippen LogP contribution is 2.52. The zero-order valence-corrected chi connectivity index (χ0v) is 30.8. The van der Waals surface area contributed by atoms with Gasteiger partial charge < -0.3 is 9.64 Å². The summed E-state index contributed by atoms with van der Waals surface area (Å²) in [6.45, 7) is 0. The molecule has 0 aromatic carbocycles. The fourth-order valence-electron chi connectivity index (χ4n) is 13.2. The Morgan fingerprint density at radius 1 is 0.706 bits per heavy atom. The van der Waals surface area contributed by atoms with E-state index in [1.165, 1.54) is 76.3 Å². The summed E-state index contributed by atoms with van der Waals surface area (Å²) >= 11 is 0. The molecule has 2 saturated heterocycles. The van der Waals surface area contributed by atoms with E-state index in [2.05, 4.69) is 86.8 Å². The van der Waals surface area contributed by atoms with Gasteiger partial charge in [0.1, 0.15) is 0 Å². The van der Waals surface area contributed by atoms with Crippen molar-refractivity contribution < 1.29 is 4.74 Å². The molecule has 0 radical (unpaired) electrons. The van der Waals surface area contributed by atoms with Crippen LogP contribution in [0.5, 0.6) is 0 Å². The number of hydrogen-bond donors (Lipinski definition) is 1. The van der Waals surface area contributed by atoms with Gasteiger partial charge in [0.25, 0.3) is 0 Å². The van der Waals surface area contributed by atoms with Crippen molar-refractivity contribution in [1.29, 1.82) is 5.26 Å². The predicted octanol–water partition coefficient (Wildman–Crippen LogP) is 8.28. The highest BCUT2D eigenvalue weighted by molar-refractivity contribution is 5.41. The Hall–Kier alpha value is -2.43. The Kier molecular flexibility index (Phi) is 9.16. The van der Waals surface area contributed by atoms with E-state index in [0.29, 0.717) is 72.5 Å². The van der Waals surface area contributed by atoms with Crippen LogP contribution in [0.1, 0.15) is 116 Å². The minimum atomic E-state index is 0.0347. The van der Waals surface area contributed by atoms with Gasteiger partial charge in [-0.15, -0.1) is 0 Å². The van der Waals surface area contributed by atoms with Crippen molar-refractivity contribution in [1.82, 2.24) is 20.0 Å². The largest absolute Gasteiger partial charge is 0.371 e. The Morgan fingerprint density at radius 2 is 1.57 bits per heavy atom. The lowest BCUT2D eigenvalue weighted by Gasteiger charge is -2.64. The van der Waals surface area contributed by atoms with Crippen LogP contribution >= 0.6 is 0 Å². The second kappa shape index (κ2) is 14.1. The first-order valence-corrected chi connectivity index (χ1v) is 21.5. The van der Waals surface area contributed by atoms with E-state index in [9.17, 15) is 5.26 Å². The molecule has 0 aromatic heterocycles. The van der Waals surface area contributed by atoms with Crippen LogP contribution in [-0.2, 0) is 4.74 Å². The maximum Gasteiger partial charge on any atom is 0.0773 e. The minimum Gasteiger partial charge on any atom is -0.371 e. The summed E-state index contributed by atoms with van der Waals surface area (Å²) in [7, 11) is 0. The van der Waals surface area contributed by atoms with Crippen molar-refractivity contribution >= 4 is 0 Å². The summed E-state index contributed by atoms with van der Waals surface area (Å²) in [5, 5.41) is 15.5. The van der Waals surface area contributed by atoms with Gasteiger partial charge in [0, 0.05) is 53.7 Å². The lowest BCUT2D eigenvalue weighted by atomic mass is 9.68. The van der Waals surface area contributed by atoms with Crippen molar-refractivity contribution in [2.45, 2.75) is 176 Å². The molecule has 10 aliphatic rings. The van der Waals surface area contributed by atoms with Crippen LogP contribution in [0.4, 0.5) is 0 Å². The van der Waals surface area contributed by atoms with E-state index in [-0.39, 0.29) is 12.0 Å². The number of hydrogen-bond acceptors (Lipinski definition) is 6. The average molecular weight is 688 g/mol. The molecule has 5 fully saturated rings. The molecule has 0 spiro atoms. The summed E-state index contributed by atoms with van der Waals surface area (Å²) < 4.78 is 7.05. The van der Waals surface area contributed by atoms with Gasteiger partial charge in [0.2, 0.25) is 0 Å². The van der Waals surface area contributed by atoms with E-state index < -0.39 is 0 Å². The summed E-state index contributed by atoms with van der Waals surface area (Å²) in [6, 6.07) is 5.69. The summed E-state index contributed by atoms with van der Waals surface area (Å²) in [4.78, 5) is 8.93. The van der Waals surface area contributed by atoms with E-state index in [4.69, 9.17) is 4.74 Å². The molecule has 13 unspecified atom stereocenters. The van der Waals surface area contributed by atoms with Crippen LogP contribution in [0.3, 0.4) is 0 Å². The molecule has 0 aromatic rings. The van der Waals surface area contributed by atoms with E-state index in [1.807, 2.05) is 0 Å². The van der Waals surface area contributed by atoms with Crippen LogP contribution < -0.4 is 5.32 Å². The Balaban J connectivity index is 1.05. The molecule has 0 amide bonds. The number of rotatable bonds is 5. The normalized spacial score (nSPS) is 45.5. The molecule has 3 heterocycles. The molecule has 3 aliphatic heterocycles. The van der Waals surface area contributed by atoms with Crippen LogP contribution in [-0.4, -0.2) is 75.5 Å². The summed E-state index contributed by atoms with van der Waals surface area (Å²) in [5.74, 6) is 1.51. The van der Waals surface area contributed by atoms with Crippen LogP contribution in [0.25, 0.3) is 0 Å². The van der Waals surface area contributed by atoms with Crippen molar-refractivity contribution in [2.75, 3.05) is 0 Å². The van der Waals surface area contributed by atoms with Gasteiger partial charge >= 0.3 is 0 Å². The fraction of sp³-hybridized carbons (Fsp3) is 0.711. The Morgan fingerprint density at radius 3 is 2.45 bits per heavy atom. The fourth-order valence-corrected chi connectivity index (χ4v) is 13.2. The number of nitrogens with zero attached hydrogens (tertiary/aromatic N) is 4. The third kappa shape index (κ3) is 5.71. The first kappa shape index (κ1) is 33.2.